The van der Waals surface area contributed by atoms with Gasteiger partial charge < -0.3 is 4.52 Å². The SMILES string of the molecule is CC(C)(C)C1CCc2nocc2C1. The van der Waals surface area contributed by atoms with Crippen LogP contribution in [-0.2, 0) is 12.8 Å². The molecule has 0 spiro atoms. The van der Waals surface area contributed by atoms with E-state index in [0.717, 1.165) is 18.8 Å². The van der Waals surface area contributed by atoms with Crippen molar-refractivity contribution in [3.05, 3.63) is 17.5 Å². The third-order valence-electron chi connectivity index (χ3n) is 3.15. The van der Waals surface area contributed by atoms with Crippen molar-refractivity contribution in [2.45, 2.75) is 40.0 Å². The molecular weight excluding hydrogens is 162 g/mol. The van der Waals surface area contributed by atoms with E-state index in [-0.39, 0.29) is 0 Å². The summed E-state index contributed by atoms with van der Waals surface area (Å²) < 4.78 is 4.98. The molecule has 0 fully saturated rings. The first-order valence-electron chi connectivity index (χ1n) is 4.99. The van der Waals surface area contributed by atoms with Crippen molar-refractivity contribution in [2.75, 3.05) is 0 Å². The van der Waals surface area contributed by atoms with Gasteiger partial charge in [0.1, 0.15) is 6.26 Å². The zero-order valence-corrected chi connectivity index (χ0v) is 8.63. The van der Waals surface area contributed by atoms with Crippen LogP contribution in [-0.4, -0.2) is 5.16 Å². The molecule has 1 aromatic rings. The van der Waals surface area contributed by atoms with Crippen molar-refractivity contribution in [2.24, 2.45) is 11.3 Å². The second kappa shape index (κ2) is 2.86. The van der Waals surface area contributed by atoms with Gasteiger partial charge in [-0.1, -0.05) is 25.9 Å². The number of aryl methyl sites for hydroxylation is 1. The van der Waals surface area contributed by atoms with Crippen LogP contribution < -0.4 is 0 Å². The molecule has 1 atom stereocenters. The molecule has 1 aromatic heterocycles. The Kier molecular flexibility index (Phi) is 1.94. The maximum absolute atomic E-state index is 4.98. The summed E-state index contributed by atoms with van der Waals surface area (Å²) >= 11 is 0. The molecule has 0 N–H and O–H groups in total. The molecule has 0 aliphatic heterocycles. The van der Waals surface area contributed by atoms with Gasteiger partial charge in [0.25, 0.3) is 0 Å². The Balaban J connectivity index is 2.18. The Hall–Kier alpha value is -0.790. The van der Waals surface area contributed by atoms with Crippen LogP contribution in [0.1, 0.15) is 38.4 Å². The quantitative estimate of drug-likeness (QED) is 0.612. The molecule has 2 heteroatoms. The number of hydrogen-bond donors (Lipinski definition) is 0. The smallest absolute Gasteiger partial charge is 0.127 e. The maximum Gasteiger partial charge on any atom is 0.127 e. The van der Waals surface area contributed by atoms with E-state index >= 15 is 0 Å². The van der Waals surface area contributed by atoms with Gasteiger partial charge in [-0.05, 0) is 30.6 Å². The number of aromatic nitrogens is 1. The number of fused-ring (bicyclic) bond motifs is 1. The zero-order valence-electron chi connectivity index (χ0n) is 8.63. The maximum atomic E-state index is 4.98. The monoisotopic (exact) mass is 179 g/mol. The van der Waals surface area contributed by atoms with Gasteiger partial charge in [0.2, 0.25) is 0 Å². The molecule has 1 aliphatic rings. The second-order valence-electron chi connectivity index (χ2n) is 5.09. The van der Waals surface area contributed by atoms with Gasteiger partial charge in [-0.15, -0.1) is 0 Å². The van der Waals surface area contributed by atoms with Crippen molar-refractivity contribution in [3.8, 4) is 0 Å². The van der Waals surface area contributed by atoms with Gasteiger partial charge in [-0.25, -0.2) is 0 Å². The Labute approximate surface area is 79.3 Å². The van der Waals surface area contributed by atoms with Crippen molar-refractivity contribution < 1.29 is 4.52 Å². The number of hydrogen-bond acceptors (Lipinski definition) is 2. The molecule has 0 saturated carbocycles. The van der Waals surface area contributed by atoms with E-state index in [0.29, 0.717) is 5.41 Å². The first-order chi connectivity index (χ1) is 6.07. The van der Waals surface area contributed by atoms with E-state index in [4.69, 9.17) is 4.52 Å². The van der Waals surface area contributed by atoms with Gasteiger partial charge in [0, 0.05) is 5.56 Å². The minimum atomic E-state index is 0.412. The standard InChI is InChI=1S/C11H17NO/c1-11(2,3)9-4-5-10-8(6-9)7-13-12-10/h7,9H,4-6H2,1-3H3. The van der Waals surface area contributed by atoms with Crippen LogP contribution in [0.2, 0.25) is 0 Å². The minimum Gasteiger partial charge on any atom is -0.364 e. The molecule has 2 nitrogen and oxygen atoms in total. The summed E-state index contributed by atoms with van der Waals surface area (Å²) in [5.41, 5.74) is 2.92. The molecule has 13 heavy (non-hydrogen) atoms. The fourth-order valence-electron chi connectivity index (χ4n) is 2.07. The molecule has 0 bridgehead atoms. The lowest BCUT2D eigenvalue weighted by atomic mass is 9.72. The Bertz CT molecular complexity index is 295. The van der Waals surface area contributed by atoms with Gasteiger partial charge in [-0.3, -0.25) is 0 Å². The summed E-state index contributed by atoms with van der Waals surface area (Å²) in [6.45, 7) is 6.95. The fourth-order valence-corrected chi connectivity index (χ4v) is 2.07. The van der Waals surface area contributed by atoms with E-state index in [9.17, 15) is 0 Å². The molecule has 1 aliphatic carbocycles. The van der Waals surface area contributed by atoms with Crippen molar-refractivity contribution in [1.29, 1.82) is 0 Å². The third kappa shape index (κ3) is 1.62. The highest BCUT2D eigenvalue weighted by Gasteiger charge is 2.29. The molecule has 0 aromatic carbocycles. The summed E-state index contributed by atoms with van der Waals surface area (Å²) in [5, 5.41) is 4.00. The molecular formula is C11H17NO. The van der Waals surface area contributed by atoms with Crippen LogP contribution in [0, 0.1) is 11.3 Å². The third-order valence-corrected chi connectivity index (χ3v) is 3.15. The summed E-state index contributed by atoms with van der Waals surface area (Å²) in [5.74, 6) is 0.777. The minimum absolute atomic E-state index is 0.412. The van der Waals surface area contributed by atoms with Crippen LogP contribution in [0.15, 0.2) is 10.8 Å². The second-order valence-corrected chi connectivity index (χ2v) is 5.09. The highest BCUT2D eigenvalue weighted by atomic mass is 16.5. The molecule has 1 unspecified atom stereocenters. The fraction of sp³-hybridized carbons (Fsp3) is 0.727. The summed E-state index contributed by atoms with van der Waals surface area (Å²) in [6, 6.07) is 0. The molecule has 1 heterocycles. The van der Waals surface area contributed by atoms with E-state index in [1.54, 1.807) is 0 Å². The molecule has 2 rings (SSSR count). The first kappa shape index (κ1) is 8.79. The van der Waals surface area contributed by atoms with Crippen LogP contribution >= 0.6 is 0 Å². The van der Waals surface area contributed by atoms with Crippen LogP contribution in [0.3, 0.4) is 0 Å². The van der Waals surface area contributed by atoms with Crippen molar-refractivity contribution >= 4 is 0 Å². The lowest BCUT2D eigenvalue weighted by Gasteiger charge is -2.32. The topological polar surface area (TPSA) is 26.0 Å². The average Bonchev–Trinajstić information content (AvgIpc) is 2.47. The Morgan fingerprint density at radius 2 is 2.23 bits per heavy atom. The van der Waals surface area contributed by atoms with E-state index in [1.165, 1.54) is 17.7 Å². The Morgan fingerprint density at radius 3 is 2.92 bits per heavy atom. The summed E-state index contributed by atoms with van der Waals surface area (Å²) in [4.78, 5) is 0. The normalized spacial score (nSPS) is 22.8. The van der Waals surface area contributed by atoms with Gasteiger partial charge in [0.15, 0.2) is 0 Å². The molecule has 72 valence electrons. The van der Waals surface area contributed by atoms with Crippen LogP contribution in [0.25, 0.3) is 0 Å². The average molecular weight is 179 g/mol. The zero-order chi connectivity index (χ0) is 9.47. The lowest BCUT2D eigenvalue weighted by Crippen LogP contribution is -2.26. The molecule has 0 radical (unpaired) electrons. The van der Waals surface area contributed by atoms with E-state index in [2.05, 4.69) is 25.9 Å². The van der Waals surface area contributed by atoms with Crippen molar-refractivity contribution in [1.82, 2.24) is 5.16 Å². The number of rotatable bonds is 0. The highest BCUT2D eigenvalue weighted by Crippen LogP contribution is 2.36. The highest BCUT2D eigenvalue weighted by molar-refractivity contribution is 5.19. The molecule has 0 amide bonds. The van der Waals surface area contributed by atoms with Crippen LogP contribution in [0.4, 0.5) is 0 Å². The summed E-state index contributed by atoms with van der Waals surface area (Å²) in [7, 11) is 0. The lowest BCUT2D eigenvalue weighted by molar-refractivity contribution is 0.215. The summed E-state index contributed by atoms with van der Waals surface area (Å²) in [6.07, 6.45) is 5.30. The van der Waals surface area contributed by atoms with E-state index in [1.807, 2.05) is 6.26 Å². The molecule has 0 saturated heterocycles. The largest absolute Gasteiger partial charge is 0.364 e. The van der Waals surface area contributed by atoms with Crippen molar-refractivity contribution in [3.63, 3.8) is 0 Å². The first-order valence-corrected chi connectivity index (χ1v) is 4.99. The van der Waals surface area contributed by atoms with Gasteiger partial charge >= 0.3 is 0 Å². The van der Waals surface area contributed by atoms with Gasteiger partial charge in [-0.2, -0.15) is 0 Å². The predicted molar refractivity (Wildman–Crippen MR) is 51.5 cm³/mol. The van der Waals surface area contributed by atoms with Gasteiger partial charge in [0.05, 0.1) is 5.69 Å². The Morgan fingerprint density at radius 1 is 1.46 bits per heavy atom. The number of nitrogens with zero attached hydrogens (tertiary/aromatic N) is 1. The predicted octanol–water partition coefficient (Wildman–Crippen LogP) is 2.83. The van der Waals surface area contributed by atoms with Crippen LogP contribution in [0.5, 0.6) is 0 Å². The van der Waals surface area contributed by atoms with E-state index < -0.39 is 0 Å².